The van der Waals surface area contributed by atoms with Crippen LogP contribution >= 0.6 is 0 Å². The molecule has 0 aliphatic heterocycles. The van der Waals surface area contributed by atoms with Crippen LogP contribution in [0.5, 0.6) is 5.75 Å². The van der Waals surface area contributed by atoms with E-state index in [1.807, 2.05) is 17.8 Å². The lowest BCUT2D eigenvalue weighted by Gasteiger charge is -2.09. The molecule has 0 spiro atoms. The Balaban J connectivity index is 1.96. The lowest BCUT2D eigenvalue weighted by molar-refractivity contribution is 0.414. The fraction of sp³-hybridized carbons (Fsp3) is 0.308. The monoisotopic (exact) mass is 249 g/mol. The number of imidazole rings is 1. The minimum absolute atomic E-state index is 0.282. The second-order valence-corrected chi connectivity index (χ2v) is 3.98. The summed E-state index contributed by atoms with van der Waals surface area (Å²) in [6, 6.07) is 4.63. The molecule has 0 bridgehead atoms. The molecule has 0 amide bonds. The van der Waals surface area contributed by atoms with Crippen LogP contribution < -0.4 is 10.1 Å². The summed E-state index contributed by atoms with van der Waals surface area (Å²) >= 11 is 0. The van der Waals surface area contributed by atoms with E-state index in [4.69, 9.17) is 4.74 Å². The van der Waals surface area contributed by atoms with Gasteiger partial charge in [0.1, 0.15) is 17.4 Å². The number of nitrogens with one attached hydrogen (secondary N) is 1. The van der Waals surface area contributed by atoms with Gasteiger partial charge in [0.15, 0.2) is 0 Å². The first-order chi connectivity index (χ1) is 8.70. The minimum atomic E-state index is -0.282. The molecule has 0 saturated heterocycles. The van der Waals surface area contributed by atoms with Gasteiger partial charge in [-0.15, -0.1) is 0 Å². The maximum atomic E-state index is 13.5. The van der Waals surface area contributed by atoms with E-state index in [-0.39, 0.29) is 5.82 Å². The van der Waals surface area contributed by atoms with Gasteiger partial charge in [-0.25, -0.2) is 9.37 Å². The van der Waals surface area contributed by atoms with Crippen LogP contribution in [0.2, 0.25) is 0 Å². The fourth-order valence-corrected chi connectivity index (χ4v) is 1.71. The topological polar surface area (TPSA) is 39.1 Å². The molecule has 0 unspecified atom stereocenters. The van der Waals surface area contributed by atoms with E-state index in [1.165, 1.54) is 6.07 Å². The van der Waals surface area contributed by atoms with Gasteiger partial charge in [0, 0.05) is 38.5 Å². The van der Waals surface area contributed by atoms with Crippen LogP contribution in [0.1, 0.15) is 5.82 Å². The second-order valence-electron chi connectivity index (χ2n) is 3.98. The largest absolute Gasteiger partial charge is 0.497 e. The van der Waals surface area contributed by atoms with Gasteiger partial charge in [0.25, 0.3) is 0 Å². The van der Waals surface area contributed by atoms with Crippen LogP contribution in [-0.4, -0.2) is 23.2 Å². The third-order valence-electron chi connectivity index (χ3n) is 2.76. The van der Waals surface area contributed by atoms with Crippen molar-refractivity contribution in [1.82, 2.24) is 9.55 Å². The molecule has 0 aliphatic carbocycles. The normalized spacial score (nSPS) is 10.4. The van der Waals surface area contributed by atoms with E-state index < -0.39 is 0 Å². The van der Waals surface area contributed by atoms with Crippen molar-refractivity contribution in [1.29, 1.82) is 0 Å². The molecule has 1 N–H and O–H groups in total. The van der Waals surface area contributed by atoms with Gasteiger partial charge in [-0.05, 0) is 12.1 Å². The summed E-state index contributed by atoms with van der Waals surface area (Å²) in [6.45, 7) is 0.620. The van der Waals surface area contributed by atoms with Gasteiger partial charge in [-0.1, -0.05) is 0 Å². The Morgan fingerprint density at radius 1 is 1.44 bits per heavy atom. The SMILES string of the molecule is COc1ccc(F)c(NCCc2nccn2C)c1. The highest BCUT2D eigenvalue weighted by Gasteiger charge is 2.04. The first kappa shape index (κ1) is 12.4. The summed E-state index contributed by atoms with van der Waals surface area (Å²) in [5.74, 6) is 1.32. The van der Waals surface area contributed by atoms with Crippen LogP contribution in [0.15, 0.2) is 30.6 Å². The van der Waals surface area contributed by atoms with Gasteiger partial charge in [0.2, 0.25) is 0 Å². The van der Waals surface area contributed by atoms with E-state index >= 15 is 0 Å². The number of halogens is 1. The first-order valence-electron chi connectivity index (χ1n) is 5.74. The van der Waals surface area contributed by atoms with Crippen molar-refractivity contribution in [3.8, 4) is 5.75 Å². The van der Waals surface area contributed by atoms with Crippen molar-refractivity contribution in [2.75, 3.05) is 19.0 Å². The molecule has 2 rings (SSSR count). The van der Waals surface area contributed by atoms with E-state index in [0.29, 0.717) is 18.0 Å². The smallest absolute Gasteiger partial charge is 0.146 e. The highest BCUT2D eigenvalue weighted by molar-refractivity contribution is 5.49. The van der Waals surface area contributed by atoms with Crippen molar-refractivity contribution in [2.24, 2.45) is 7.05 Å². The summed E-state index contributed by atoms with van der Waals surface area (Å²) in [4.78, 5) is 4.21. The zero-order valence-corrected chi connectivity index (χ0v) is 10.5. The summed E-state index contributed by atoms with van der Waals surface area (Å²) in [6.07, 6.45) is 4.38. The van der Waals surface area contributed by atoms with Crippen LogP contribution in [0.25, 0.3) is 0 Å². The molecule has 2 aromatic rings. The molecule has 0 saturated carbocycles. The Bertz CT molecular complexity index is 525. The predicted molar refractivity (Wildman–Crippen MR) is 68.4 cm³/mol. The van der Waals surface area contributed by atoms with Crippen LogP contribution in [0.3, 0.4) is 0 Å². The average molecular weight is 249 g/mol. The van der Waals surface area contributed by atoms with Gasteiger partial charge >= 0.3 is 0 Å². The number of nitrogens with zero attached hydrogens (tertiary/aromatic N) is 2. The molecule has 0 aliphatic rings. The number of ether oxygens (including phenoxy) is 1. The number of hydrogen-bond donors (Lipinski definition) is 1. The van der Waals surface area contributed by atoms with Crippen molar-refractivity contribution in [2.45, 2.75) is 6.42 Å². The van der Waals surface area contributed by atoms with Crippen molar-refractivity contribution >= 4 is 5.69 Å². The maximum Gasteiger partial charge on any atom is 0.146 e. The highest BCUT2D eigenvalue weighted by atomic mass is 19.1. The number of aromatic nitrogens is 2. The molecule has 96 valence electrons. The molecule has 18 heavy (non-hydrogen) atoms. The molecular formula is C13H16FN3O. The van der Waals surface area contributed by atoms with Crippen LogP contribution in [0, 0.1) is 5.82 Å². The van der Waals surface area contributed by atoms with Gasteiger partial charge in [0.05, 0.1) is 12.8 Å². The molecule has 5 heteroatoms. The molecule has 0 radical (unpaired) electrons. The molecule has 4 nitrogen and oxygen atoms in total. The summed E-state index contributed by atoms with van der Waals surface area (Å²) < 4.78 is 20.5. The van der Waals surface area contributed by atoms with E-state index in [0.717, 1.165) is 12.2 Å². The summed E-state index contributed by atoms with van der Waals surface area (Å²) in [5.41, 5.74) is 0.448. The lowest BCUT2D eigenvalue weighted by atomic mass is 10.2. The highest BCUT2D eigenvalue weighted by Crippen LogP contribution is 2.20. The van der Waals surface area contributed by atoms with Gasteiger partial charge in [-0.2, -0.15) is 0 Å². The summed E-state index contributed by atoms with van der Waals surface area (Å²) in [7, 11) is 3.50. The van der Waals surface area contributed by atoms with Gasteiger partial charge < -0.3 is 14.6 Å². The molecule has 0 fully saturated rings. The molecular weight excluding hydrogens is 233 g/mol. The Hall–Kier alpha value is -2.04. The van der Waals surface area contributed by atoms with Crippen molar-refractivity contribution < 1.29 is 9.13 Å². The Labute approximate surface area is 105 Å². The van der Waals surface area contributed by atoms with Crippen LogP contribution in [0.4, 0.5) is 10.1 Å². The van der Waals surface area contributed by atoms with Crippen molar-refractivity contribution in [3.05, 3.63) is 42.2 Å². The van der Waals surface area contributed by atoms with E-state index in [2.05, 4.69) is 10.3 Å². The quantitative estimate of drug-likeness (QED) is 0.883. The minimum Gasteiger partial charge on any atom is -0.497 e. The Morgan fingerprint density at radius 2 is 2.28 bits per heavy atom. The van der Waals surface area contributed by atoms with E-state index in [9.17, 15) is 4.39 Å². The zero-order chi connectivity index (χ0) is 13.0. The molecule has 1 heterocycles. The first-order valence-corrected chi connectivity index (χ1v) is 5.74. The number of rotatable bonds is 5. The molecule has 0 atom stereocenters. The molecule has 1 aromatic carbocycles. The van der Waals surface area contributed by atoms with E-state index in [1.54, 1.807) is 25.4 Å². The third-order valence-corrected chi connectivity index (χ3v) is 2.76. The fourth-order valence-electron chi connectivity index (χ4n) is 1.71. The zero-order valence-electron chi connectivity index (χ0n) is 10.5. The number of hydrogen-bond acceptors (Lipinski definition) is 3. The summed E-state index contributed by atoms with van der Waals surface area (Å²) in [5, 5.41) is 3.04. The second kappa shape index (κ2) is 5.53. The standard InChI is InChI=1S/C13H16FN3O/c1-17-8-7-16-13(17)5-6-15-12-9-10(18-2)3-4-11(12)14/h3-4,7-9,15H,5-6H2,1-2H3. The molecule has 1 aromatic heterocycles. The van der Waals surface area contributed by atoms with Crippen molar-refractivity contribution in [3.63, 3.8) is 0 Å². The van der Waals surface area contributed by atoms with Gasteiger partial charge in [-0.3, -0.25) is 0 Å². The lowest BCUT2D eigenvalue weighted by Crippen LogP contribution is -2.09. The number of methoxy groups -OCH3 is 1. The maximum absolute atomic E-state index is 13.5. The number of aryl methyl sites for hydroxylation is 1. The third kappa shape index (κ3) is 2.80. The Kier molecular flexibility index (Phi) is 3.82. The van der Waals surface area contributed by atoms with Crippen LogP contribution in [-0.2, 0) is 13.5 Å². The Morgan fingerprint density at radius 3 is 2.94 bits per heavy atom. The number of anilines is 1. The predicted octanol–water partition coefficient (Wildman–Crippen LogP) is 2.22. The number of benzene rings is 1. The average Bonchev–Trinajstić information content (AvgIpc) is 2.77.